The fourth-order valence-electron chi connectivity index (χ4n) is 4.25. The van der Waals surface area contributed by atoms with Gasteiger partial charge in [-0.25, -0.2) is 9.97 Å². The number of nitrogens with one attached hydrogen (secondary N) is 1. The average molecular weight is 356 g/mol. The minimum absolute atomic E-state index is 0.242. The predicted molar refractivity (Wildman–Crippen MR) is 102 cm³/mol. The van der Waals surface area contributed by atoms with Crippen LogP contribution in [0.15, 0.2) is 24.5 Å². The first-order valence-corrected chi connectivity index (χ1v) is 9.78. The Morgan fingerprint density at radius 1 is 1.19 bits per heavy atom. The molecule has 0 amide bonds. The zero-order chi connectivity index (χ0) is 17.8. The van der Waals surface area contributed by atoms with E-state index in [9.17, 15) is 5.11 Å². The third kappa shape index (κ3) is 3.82. The minimum atomic E-state index is 0.242. The highest BCUT2D eigenvalue weighted by atomic mass is 16.5. The Morgan fingerprint density at radius 3 is 2.92 bits per heavy atom. The molecule has 3 heterocycles. The standard InChI is InChI=1S/C20H28N4O2/c25-13-16-2-1-9-24(16)10-11-26-17-3-4-18-19(12-17)22-14-23-20(18)15-5-7-21-8-6-15/h3-4,12,14-16,21,25H,1-2,5-11,13H2. The van der Waals surface area contributed by atoms with Crippen molar-refractivity contribution in [3.8, 4) is 5.75 Å². The Bertz CT molecular complexity index is 733. The molecule has 0 saturated carbocycles. The van der Waals surface area contributed by atoms with Crippen LogP contribution in [0.1, 0.15) is 37.3 Å². The molecule has 0 spiro atoms. The van der Waals surface area contributed by atoms with Crippen LogP contribution in [0.4, 0.5) is 0 Å². The third-order valence-electron chi connectivity index (χ3n) is 5.72. The molecule has 0 radical (unpaired) electrons. The number of ether oxygens (including phenoxy) is 1. The van der Waals surface area contributed by atoms with Gasteiger partial charge in [0, 0.05) is 30.0 Å². The highest BCUT2D eigenvalue weighted by Gasteiger charge is 2.23. The second kappa shape index (κ2) is 8.29. The maximum absolute atomic E-state index is 9.40. The van der Waals surface area contributed by atoms with Gasteiger partial charge in [0.15, 0.2) is 0 Å². The van der Waals surface area contributed by atoms with Gasteiger partial charge in [0.1, 0.15) is 18.7 Å². The summed E-state index contributed by atoms with van der Waals surface area (Å²) in [7, 11) is 0. The fourth-order valence-corrected chi connectivity index (χ4v) is 4.25. The van der Waals surface area contributed by atoms with Crippen molar-refractivity contribution >= 4 is 10.9 Å². The number of nitrogens with zero attached hydrogens (tertiary/aromatic N) is 3. The molecule has 4 rings (SSSR count). The van der Waals surface area contributed by atoms with Gasteiger partial charge < -0.3 is 15.2 Å². The maximum Gasteiger partial charge on any atom is 0.121 e. The lowest BCUT2D eigenvalue weighted by Gasteiger charge is -2.23. The molecule has 1 unspecified atom stereocenters. The van der Waals surface area contributed by atoms with Crippen LogP contribution >= 0.6 is 0 Å². The molecule has 1 aromatic heterocycles. The predicted octanol–water partition coefficient (Wildman–Crippen LogP) is 1.93. The summed E-state index contributed by atoms with van der Waals surface area (Å²) < 4.78 is 5.96. The number of aromatic nitrogens is 2. The van der Waals surface area contributed by atoms with Crippen LogP contribution in [0.2, 0.25) is 0 Å². The third-order valence-corrected chi connectivity index (χ3v) is 5.72. The number of fused-ring (bicyclic) bond motifs is 1. The van der Waals surface area contributed by atoms with Crippen molar-refractivity contribution in [1.29, 1.82) is 0 Å². The molecule has 1 aromatic carbocycles. The molecule has 2 saturated heterocycles. The quantitative estimate of drug-likeness (QED) is 0.824. The van der Waals surface area contributed by atoms with E-state index in [1.54, 1.807) is 6.33 Å². The molecular formula is C20H28N4O2. The Kier molecular flexibility index (Phi) is 5.62. The number of hydrogen-bond acceptors (Lipinski definition) is 6. The first-order valence-electron chi connectivity index (χ1n) is 9.78. The number of likely N-dealkylation sites (tertiary alicyclic amines) is 1. The molecule has 1 atom stereocenters. The van der Waals surface area contributed by atoms with Gasteiger partial charge in [-0.3, -0.25) is 4.90 Å². The molecule has 6 heteroatoms. The van der Waals surface area contributed by atoms with Gasteiger partial charge in [-0.15, -0.1) is 0 Å². The number of piperidine rings is 1. The van der Waals surface area contributed by atoms with Gasteiger partial charge in [0.2, 0.25) is 0 Å². The zero-order valence-corrected chi connectivity index (χ0v) is 15.2. The van der Waals surface area contributed by atoms with Crippen LogP contribution in [-0.2, 0) is 0 Å². The summed E-state index contributed by atoms with van der Waals surface area (Å²) in [6, 6.07) is 6.46. The fraction of sp³-hybridized carbons (Fsp3) is 0.600. The number of hydrogen-bond donors (Lipinski definition) is 2. The molecule has 0 aliphatic carbocycles. The Balaban J connectivity index is 1.42. The maximum atomic E-state index is 9.40. The first-order chi connectivity index (χ1) is 12.8. The van der Waals surface area contributed by atoms with E-state index in [-0.39, 0.29) is 6.61 Å². The van der Waals surface area contributed by atoms with Crippen LogP contribution < -0.4 is 10.1 Å². The minimum Gasteiger partial charge on any atom is -0.492 e. The van der Waals surface area contributed by atoms with E-state index in [1.807, 2.05) is 12.1 Å². The average Bonchev–Trinajstić information content (AvgIpc) is 3.15. The van der Waals surface area contributed by atoms with Crippen molar-refractivity contribution in [2.45, 2.75) is 37.6 Å². The van der Waals surface area contributed by atoms with Crippen molar-refractivity contribution < 1.29 is 9.84 Å². The topological polar surface area (TPSA) is 70.5 Å². The molecule has 2 aliphatic rings. The molecule has 140 valence electrons. The van der Waals surface area contributed by atoms with Gasteiger partial charge >= 0.3 is 0 Å². The summed E-state index contributed by atoms with van der Waals surface area (Å²) in [5.74, 6) is 1.37. The summed E-state index contributed by atoms with van der Waals surface area (Å²) in [4.78, 5) is 11.4. The SMILES string of the molecule is OCC1CCCN1CCOc1ccc2c(C3CCNCC3)ncnc2c1. The van der Waals surface area contributed by atoms with E-state index in [1.165, 1.54) is 5.69 Å². The van der Waals surface area contributed by atoms with E-state index >= 15 is 0 Å². The monoisotopic (exact) mass is 356 g/mol. The van der Waals surface area contributed by atoms with Crippen LogP contribution in [0, 0.1) is 0 Å². The van der Waals surface area contributed by atoms with Crippen molar-refractivity contribution in [2.24, 2.45) is 0 Å². The Morgan fingerprint density at radius 2 is 2.08 bits per heavy atom. The zero-order valence-electron chi connectivity index (χ0n) is 15.2. The van der Waals surface area contributed by atoms with Crippen molar-refractivity contribution in [1.82, 2.24) is 20.2 Å². The van der Waals surface area contributed by atoms with Gasteiger partial charge in [-0.2, -0.15) is 0 Å². The largest absolute Gasteiger partial charge is 0.492 e. The van der Waals surface area contributed by atoms with Crippen molar-refractivity contribution in [3.63, 3.8) is 0 Å². The first kappa shape index (κ1) is 17.6. The van der Waals surface area contributed by atoms with Crippen LogP contribution in [0.3, 0.4) is 0 Å². The lowest BCUT2D eigenvalue weighted by Crippen LogP contribution is -2.35. The van der Waals surface area contributed by atoms with E-state index < -0.39 is 0 Å². The second-order valence-electron chi connectivity index (χ2n) is 7.33. The smallest absolute Gasteiger partial charge is 0.121 e. The summed E-state index contributed by atoms with van der Waals surface area (Å²) in [5.41, 5.74) is 2.13. The normalized spacial score (nSPS) is 22.1. The summed E-state index contributed by atoms with van der Waals surface area (Å²) in [6.07, 6.45) is 6.19. The highest BCUT2D eigenvalue weighted by molar-refractivity contribution is 5.82. The van der Waals surface area contributed by atoms with E-state index in [4.69, 9.17) is 4.74 Å². The van der Waals surface area contributed by atoms with Gasteiger partial charge in [0.25, 0.3) is 0 Å². The number of benzene rings is 1. The number of aliphatic hydroxyl groups excluding tert-OH is 1. The highest BCUT2D eigenvalue weighted by Crippen LogP contribution is 2.30. The summed E-state index contributed by atoms with van der Waals surface area (Å²) in [6.45, 7) is 4.90. The lowest BCUT2D eigenvalue weighted by molar-refractivity contribution is 0.139. The van der Waals surface area contributed by atoms with Crippen molar-refractivity contribution in [2.75, 3.05) is 39.4 Å². The van der Waals surface area contributed by atoms with Crippen molar-refractivity contribution in [3.05, 3.63) is 30.2 Å². The lowest BCUT2D eigenvalue weighted by atomic mass is 9.92. The number of rotatable bonds is 6. The van der Waals surface area contributed by atoms with Gasteiger partial charge in [-0.05, 0) is 57.5 Å². The van der Waals surface area contributed by atoms with Crippen LogP contribution in [-0.4, -0.2) is 65.4 Å². The second-order valence-corrected chi connectivity index (χ2v) is 7.33. The molecule has 26 heavy (non-hydrogen) atoms. The molecule has 2 aliphatic heterocycles. The summed E-state index contributed by atoms with van der Waals surface area (Å²) in [5, 5.41) is 14.0. The van der Waals surface area contributed by atoms with Crippen LogP contribution in [0.5, 0.6) is 5.75 Å². The summed E-state index contributed by atoms with van der Waals surface area (Å²) >= 11 is 0. The molecule has 2 N–H and O–H groups in total. The van der Waals surface area contributed by atoms with Crippen LogP contribution in [0.25, 0.3) is 10.9 Å². The van der Waals surface area contributed by atoms with Gasteiger partial charge in [-0.1, -0.05) is 0 Å². The van der Waals surface area contributed by atoms with Gasteiger partial charge in [0.05, 0.1) is 17.8 Å². The van der Waals surface area contributed by atoms with E-state index in [0.717, 1.165) is 68.5 Å². The molecule has 0 bridgehead atoms. The van der Waals surface area contributed by atoms with E-state index in [0.29, 0.717) is 18.6 Å². The Hall–Kier alpha value is -1.76. The van der Waals surface area contributed by atoms with E-state index in [2.05, 4.69) is 26.3 Å². The molecule has 6 nitrogen and oxygen atoms in total. The molecular weight excluding hydrogens is 328 g/mol. The Labute approximate surface area is 154 Å². The molecule has 2 aromatic rings. The molecule has 2 fully saturated rings. The number of aliphatic hydroxyl groups is 1.